The van der Waals surface area contributed by atoms with Crippen molar-refractivity contribution in [2.75, 3.05) is 7.11 Å². The van der Waals surface area contributed by atoms with Gasteiger partial charge in [0.05, 0.1) is 7.11 Å². The maximum Gasteiger partial charge on any atom is 0.319 e. The molecular weight excluding hydrogens is 204 g/mol. The van der Waals surface area contributed by atoms with Crippen LogP contribution in [0, 0.1) is 0 Å². The molecule has 0 unspecified atom stereocenters. The van der Waals surface area contributed by atoms with Crippen LogP contribution in [0.15, 0.2) is 12.3 Å². The molecule has 4 heteroatoms. The van der Waals surface area contributed by atoms with E-state index < -0.39 is 5.41 Å². The lowest BCUT2D eigenvalue weighted by atomic mass is 10.1. The van der Waals surface area contributed by atoms with Crippen molar-refractivity contribution in [3.05, 3.63) is 23.8 Å². The zero-order valence-electron chi connectivity index (χ0n) is 9.69. The minimum absolute atomic E-state index is 0.207. The van der Waals surface area contributed by atoms with Crippen molar-refractivity contribution in [3.63, 3.8) is 0 Å². The average molecular weight is 220 g/mol. The Balaban J connectivity index is 2.27. The molecule has 0 aliphatic heterocycles. The standard InChI is InChI=1S/C12H16N2O2/c1-3-4-9-5-8-13-10(14-9)12(6-7-12)11(15)16-2/h5,8H,3-4,6-7H2,1-2H3. The van der Waals surface area contributed by atoms with E-state index in [0.717, 1.165) is 31.4 Å². The first kappa shape index (κ1) is 11.0. The molecule has 0 amide bonds. The van der Waals surface area contributed by atoms with E-state index >= 15 is 0 Å². The summed E-state index contributed by atoms with van der Waals surface area (Å²) in [5.74, 6) is 0.423. The molecule has 0 spiro atoms. The van der Waals surface area contributed by atoms with E-state index in [2.05, 4.69) is 16.9 Å². The van der Waals surface area contributed by atoms with Crippen molar-refractivity contribution in [2.45, 2.75) is 38.0 Å². The fourth-order valence-corrected chi connectivity index (χ4v) is 1.86. The number of hydrogen-bond donors (Lipinski definition) is 0. The molecule has 1 fully saturated rings. The summed E-state index contributed by atoms with van der Waals surface area (Å²) in [7, 11) is 1.41. The number of ether oxygens (including phenoxy) is 1. The molecule has 1 saturated carbocycles. The van der Waals surface area contributed by atoms with E-state index in [1.165, 1.54) is 7.11 Å². The Hall–Kier alpha value is -1.45. The lowest BCUT2D eigenvalue weighted by Gasteiger charge is -2.11. The van der Waals surface area contributed by atoms with Crippen LogP contribution in [-0.4, -0.2) is 23.0 Å². The number of carbonyl (C=O) groups excluding carboxylic acids is 1. The van der Waals surface area contributed by atoms with Crippen LogP contribution in [0.3, 0.4) is 0 Å². The summed E-state index contributed by atoms with van der Waals surface area (Å²) in [5, 5.41) is 0. The van der Waals surface area contributed by atoms with Crippen LogP contribution < -0.4 is 0 Å². The Kier molecular flexibility index (Phi) is 2.90. The number of carbonyl (C=O) groups is 1. The van der Waals surface area contributed by atoms with E-state index in [1.54, 1.807) is 6.20 Å². The molecule has 16 heavy (non-hydrogen) atoms. The second-order valence-electron chi connectivity index (χ2n) is 4.20. The third-order valence-electron chi connectivity index (χ3n) is 2.97. The first-order valence-corrected chi connectivity index (χ1v) is 5.64. The molecular formula is C12H16N2O2. The molecule has 1 aromatic rings. The van der Waals surface area contributed by atoms with Gasteiger partial charge in [-0.1, -0.05) is 13.3 Å². The van der Waals surface area contributed by atoms with Crippen LogP contribution in [0.2, 0.25) is 0 Å². The van der Waals surface area contributed by atoms with Gasteiger partial charge in [-0.2, -0.15) is 0 Å². The summed E-state index contributed by atoms with van der Waals surface area (Å²) in [6.07, 6.45) is 5.30. The monoisotopic (exact) mass is 220 g/mol. The number of nitrogens with zero attached hydrogens (tertiary/aromatic N) is 2. The van der Waals surface area contributed by atoms with Crippen molar-refractivity contribution in [3.8, 4) is 0 Å². The molecule has 0 bridgehead atoms. The number of aromatic nitrogens is 2. The number of methoxy groups -OCH3 is 1. The smallest absolute Gasteiger partial charge is 0.319 e. The second-order valence-corrected chi connectivity index (χ2v) is 4.20. The summed E-state index contributed by atoms with van der Waals surface area (Å²) in [6.45, 7) is 2.11. The van der Waals surface area contributed by atoms with E-state index in [1.807, 2.05) is 6.07 Å². The SMILES string of the molecule is CCCc1ccnc(C2(C(=O)OC)CC2)n1. The number of rotatable bonds is 4. The first-order chi connectivity index (χ1) is 7.73. The van der Waals surface area contributed by atoms with Gasteiger partial charge in [0.2, 0.25) is 0 Å². The molecule has 0 aromatic carbocycles. The molecule has 1 aliphatic carbocycles. The highest BCUT2D eigenvalue weighted by atomic mass is 16.5. The van der Waals surface area contributed by atoms with E-state index in [9.17, 15) is 4.79 Å². The molecule has 0 saturated heterocycles. The van der Waals surface area contributed by atoms with E-state index in [4.69, 9.17) is 4.74 Å². The minimum Gasteiger partial charge on any atom is -0.468 e. The first-order valence-electron chi connectivity index (χ1n) is 5.64. The molecule has 1 aliphatic rings. The lowest BCUT2D eigenvalue weighted by molar-refractivity contribution is -0.143. The number of esters is 1. The largest absolute Gasteiger partial charge is 0.468 e. The van der Waals surface area contributed by atoms with Crippen LogP contribution in [0.25, 0.3) is 0 Å². The highest BCUT2D eigenvalue weighted by Gasteiger charge is 2.55. The summed E-state index contributed by atoms with van der Waals surface area (Å²) in [4.78, 5) is 20.3. The van der Waals surface area contributed by atoms with Gasteiger partial charge in [-0.05, 0) is 25.3 Å². The zero-order chi connectivity index (χ0) is 11.6. The number of hydrogen-bond acceptors (Lipinski definition) is 4. The predicted octanol–water partition coefficient (Wildman–Crippen LogP) is 1.63. The fraction of sp³-hybridized carbons (Fsp3) is 0.583. The molecule has 0 radical (unpaired) electrons. The molecule has 4 nitrogen and oxygen atoms in total. The maximum absolute atomic E-state index is 11.7. The summed E-state index contributed by atoms with van der Waals surface area (Å²) < 4.78 is 4.81. The van der Waals surface area contributed by atoms with E-state index in [0.29, 0.717) is 5.82 Å². The van der Waals surface area contributed by atoms with Gasteiger partial charge in [-0.3, -0.25) is 4.79 Å². The average Bonchev–Trinajstić information content (AvgIpc) is 3.10. The zero-order valence-corrected chi connectivity index (χ0v) is 9.69. The topological polar surface area (TPSA) is 52.1 Å². The molecule has 0 atom stereocenters. The highest BCUT2D eigenvalue weighted by Crippen LogP contribution is 2.47. The third-order valence-corrected chi connectivity index (χ3v) is 2.97. The molecule has 2 rings (SSSR count). The van der Waals surface area contributed by atoms with Gasteiger partial charge in [-0.25, -0.2) is 9.97 Å². The lowest BCUT2D eigenvalue weighted by Crippen LogP contribution is -2.24. The summed E-state index contributed by atoms with van der Waals surface area (Å²) >= 11 is 0. The van der Waals surface area contributed by atoms with Gasteiger partial charge in [0.25, 0.3) is 0 Å². The van der Waals surface area contributed by atoms with Gasteiger partial charge in [-0.15, -0.1) is 0 Å². The molecule has 86 valence electrons. The Morgan fingerprint density at radius 2 is 2.31 bits per heavy atom. The normalized spacial score (nSPS) is 16.9. The van der Waals surface area contributed by atoms with Gasteiger partial charge < -0.3 is 4.74 Å². The van der Waals surface area contributed by atoms with Gasteiger partial charge in [0.15, 0.2) is 0 Å². The Morgan fingerprint density at radius 3 is 2.88 bits per heavy atom. The Labute approximate surface area is 95.1 Å². The molecule has 1 aromatic heterocycles. The Bertz CT molecular complexity index is 400. The maximum atomic E-state index is 11.7. The van der Waals surface area contributed by atoms with Crippen molar-refractivity contribution in [1.82, 2.24) is 9.97 Å². The van der Waals surface area contributed by atoms with Crippen molar-refractivity contribution >= 4 is 5.97 Å². The van der Waals surface area contributed by atoms with Gasteiger partial charge in [0, 0.05) is 11.9 Å². The third kappa shape index (κ3) is 1.79. The quantitative estimate of drug-likeness (QED) is 0.724. The van der Waals surface area contributed by atoms with Gasteiger partial charge in [0.1, 0.15) is 11.2 Å². The predicted molar refractivity (Wildman–Crippen MR) is 59.0 cm³/mol. The Morgan fingerprint density at radius 1 is 1.56 bits per heavy atom. The highest BCUT2D eigenvalue weighted by molar-refractivity contribution is 5.85. The second kappa shape index (κ2) is 4.20. The van der Waals surface area contributed by atoms with Crippen molar-refractivity contribution in [2.24, 2.45) is 0 Å². The van der Waals surface area contributed by atoms with Crippen LogP contribution >= 0.6 is 0 Å². The van der Waals surface area contributed by atoms with Crippen molar-refractivity contribution in [1.29, 1.82) is 0 Å². The number of aryl methyl sites for hydroxylation is 1. The minimum atomic E-state index is -0.543. The van der Waals surface area contributed by atoms with Crippen LogP contribution in [0.5, 0.6) is 0 Å². The molecule has 0 N–H and O–H groups in total. The van der Waals surface area contributed by atoms with Gasteiger partial charge >= 0.3 is 5.97 Å². The van der Waals surface area contributed by atoms with Crippen LogP contribution in [0.1, 0.15) is 37.7 Å². The fourth-order valence-electron chi connectivity index (χ4n) is 1.86. The summed E-state index contributed by atoms with van der Waals surface area (Å²) in [6, 6.07) is 1.90. The van der Waals surface area contributed by atoms with Crippen molar-refractivity contribution < 1.29 is 9.53 Å². The van der Waals surface area contributed by atoms with E-state index in [-0.39, 0.29) is 5.97 Å². The molecule has 1 heterocycles. The summed E-state index contributed by atoms with van der Waals surface area (Å²) in [5.41, 5.74) is 0.459. The van der Waals surface area contributed by atoms with Crippen LogP contribution in [0.4, 0.5) is 0 Å². The van der Waals surface area contributed by atoms with Crippen LogP contribution in [-0.2, 0) is 21.4 Å².